The summed E-state index contributed by atoms with van der Waals surface area (Å²) in [4.78, 5) is 12.2. The van der Waals surface area contributed by atoms with E-state index in [4.69, 9.17) is 9.47 Å². The van der Waals surface area contributed by atoms with Crippen LogP contribution in [0.4, 0.5) is 0 Å². The van der Waals surface area contributed by atoms with Gasteiger partial charge in [0.2, 0.25) is 6.79 Å². The predicted octanol–water partition coefficient (Wildman–Crippen LogP) is 3.54. The van der Waals surface area contributed by atoms with Crippen LogP contribution in [-0.4, -0.2) is 11.4 Å². The maximum absolute atomic E-state index is 12.2. The molecule has 0 atom stereocenters. The van der Waals surface area contributed by atoms with E-state index in [1.54, 1.807) is 10.6 Å². The Morgan fingerprint density at radius 1 is 0.913 bits per heavy atom. The molecule has 1 aliphatic heterocycles. The molecule has 0 N–H and O–H groups in total. The van der Waals surface area contributed by atoms with Crippen LogP contribution in [0.1, 0.15) is 5.56 Å². The Hall–Kier alpha value is -3.01. The second kappa shape index (κ2) is 5.32. The lowest BCUT2D eigenvalue weighted by Gasteiger charge is -2.10. The molecule has 2 aromatic carbocycles. The molecule has 4 heteroatoms. The lowest BCUT2D eigenvalue weighted by atomic mass is 10.1. The number of hydrogen-bond acceptors (Lipinski definition) is 3. The van der Waals surface area contributed by atoms with Crippen LogP contribution in [0.5, 0.6) is 11.5 Å². The molecule has 0 bridgehead atoms. The summed E-state index contributed by atoms with van der Waals surface area (Å²) in [5.41, 5.74) is 3.85. The van der Waals surface area contributed by atoms with Crippen molar-refractivity contribution in [2.45, 2.75) is 6.92 Å². The smallest absolute Gasteiger partial charge is 0.255 e. The van der Waals surface area contributed by atoms with Gasteiger partial charge in [-0.3, -0.25) is 9.36 Å². The Bertz CT molecular complexity index is 943. The Morgan fingerprint density at radius 2 is 1.74 bits per heavy atom. The molecule has 114 valence electrons. The normalized spacial score (nSPS) is 12.4. The minimum atomic E-state index is -0.0555. The van der Waals surface area contributed by atoms with Crippen LogP contribution >= 0.6 is 0 Å². The lowest BCUT2D eigenvalue weighted by molar-refractivity contribution is 0.174. The molecule has 0 fully saturated rings. The molecular formula is C19H15NO3. The number of rotatable bonds is 2. The molecule has 0 aliphatic carbocycles. The van der Waals surface area contributed by atoms with Gasteiger partial charge < -0.3 is 9.47 Å². The zero-order valence-electron chi connectivity index (χ0n) is 12.7. The summed E-state index contributed by atoms with van der Waals surface area (Å²) in [6.07, 6.45) is 1.86. The summed E-state index contributed by atoms with van der Waals surface area (Å²) < 4.78 is 12.4. The third-order valence-electron chi connectivity index (χ3n) is 3.90. The third kappa shape index (κ3) is 2.48. The Labute approximate surface area is 133 Å². The Kier molecular flexibility index (Phi) is 3.15. The number of pyridine rings is 1. The van der Waals surface area contributed by atoms with Crippen LogP contribution in [0.3, 0.4) is 0 Å². The minimum Gasteiger partial charge on any atom is -0.454 e. The van der Waals surface area contributed by atoms with Crippen molar-refractivity contribution in [2.24, 2.45) is 0 Å². The van der Waals surface area contributed by atoms with Gasteiger partial charge in [0.1, 0.15) is 0 Å². The summed E-state index contributed by atoms with van der Waals surface area (Å²) in [5, 5.41) is 0. The second-order valence-electron chi connectivity index (χ2n) is 5.53. The lowest BCUT2D eigenvalue weighted by Crippen LogP contribution is -2.16. The van der Waals surface area contributed by atoms with Crippen LogP contribution in [0.2, 0.25) is 0 Å². The van der Waals surface area contributed by atoms with Gasteiger partial charge in [0.05, 0.1) is 0 Å². The predicted molar refractivity (Wildman–Crippen MR) is 88.3 cm³/mol. The van der Waals surface area contributed by atoms with E-state index in [0.717, 1.165) is 33.9 Å². The SMILES string of the molecule is Cc1cccc(-n2cc(-c3ccc4c(c3)OCO4)ccc2=O)c1. The van der Waals surface area contributed by atoms with Crippen molar-refractivity contribution in [3.63, 3.8) is 0 Å². The summed E-state index contributed by atoms with van der Waals surface area (Å²) in [7, 11) is 0. The van der Waals surface area contributed by atoms with Crippen molar-refractivity contribution in [3.8, 4) is 28.3 Å². The number of nitrogens with zero attached hydrogens (tertiary/aromatic N) is 1. The van der Waals surface area contributed by atoms with Gasteiger partial charge in [0.25, 0.3) is 5.56 Å². The van der Waals surface area contributed by atoms with Crippen LogP contribution < -0.4 is 15.0 Å². The molecule has 1 aromatic heterocycles. The van der Waals surface area contributed by atoms with Crippen LogP contribution in [-0.2, 0) is 0 Å². The van der Waals surface area contributed by atoms with Crippen molar-refractivity contribution in [1.29, 1.82) is 0 Å². The average molecular weight is 305 g/mol. The Balaban J connectivity index is 1.82. The van der Waals surface area contributed by atoms with Crippen LogP contribution in [0, 0.1) is 6.92 Å². The first-order valence-corrected chi connectivity index (χ1v) is 7.40. The molecule has 0 spiro atoms. The fourth-order valence-corrected chi connectivity index (χ4v) is 2.71. The quantitative estimate of drug-likeness (QED) is 0.727. The van der Waals surface area contributed by atoms with E-state index < -0.39 is 0 Å². The number of aryl methyl sites for hydroxylation is 1. The van der Waals surface area contributed by atoms with Crippen molar-refractivity contribution in [1.82, 2.24) is 4.57 Å². The molecule has 1 aliphatic rings. The van der Waals surface area contributed by atoms with Crippen molar-refractivity contribution in [2.75, 3.05) is 6.79 Å². The summed E-state index contributed by atoms with van der Waals surface area (Å²) in [6, 6.07) is 17.1. The summed E-state index contributed by atoms with van der Waals surface area (Å²) >= 11 is 0. The van der Waals surface area contributed by atoms with E-state index in [9.17, 15) is 4.79 Å². The van der Waals surface area contributed by atoms with Gasteiger partial charge in [-0.05, 0) is 53.9 Å². The number of ether oxygens (including phenoxy) is 2. The van der Waals surface area contributed by atoms with Gasteiger partial charge in [-0.2, -0.15) is 0 Å². The molecule has 0 saturated carbocycles. The number of benzene rings is 2. The summed E-state index contributed by atoms with van der Waals surface area (Å²) in [5.74, 6) is 1.48. The number of hydrogen-bond donors (Lipinski definition) is 0. The molecule has 3 aromatic rings. The van der Waals surface area contributed by atoms with E-state index in [0.29, 0.717) is 0 Å². The van der Waals surface area contributed by atoms with Crippen molar-refractivity contribution >= 4 is 0 Å². The van der Waals surface area contributed by atoms with Gasteiger partial charge >= 0.3 is 0 Å². The number of aromatic nitrogens is 1. The fourth-order valence-electron chi connectivity index (χ4n) is 2.71. The molecule has 4 rings (SSSR count). The number of fused-ring (bicyclic) bond motifs is 1. The molecule has 0 amide bonds. The standard InChI is InChI=1S/C19H15NO3/c1-13-3-2-4-16(9-13)20-11-15(6-8-19(20)21)14-5-7-17-18(10-14)23-12-22-17/h2-11H,12H2,1H3. The highest BCUT2D eigenvalue weighted by molar-refractivity contribution is 5.67. The van der Waals surface area contributed by atoms with Gasteiger partial charge in [0.15, 0.2) is 11.5 Å². The van der Waals surface area contributed by atoms with E-state index in [2.05, 4.69) is 0 Å². The van der Waals surface area contributed by atoms with E-state index >= 15 is 0 Å². The van der Waals surface area contributed by atoms with Crippen LogP contribution in [0.25, 0.3) is 16.8 Å². The second-order valence-corrected chi connectivity index (χ2v) is 5.53. The molecule has 0 saturated heterocycles. The van der Waals surface area contributed by atoms with Crippen LogP contribution in [0.15, 0.2) is 65.6 Å². The first kappa shape index (κ1) is 13.6. The average Bonchev–Trinajstić information content (AvgIpc) is 3.03. The molecular weight excluding hydrogens is 290 g/mol. The van der Waals surface area contributed by atoms with Gasteiger partial charge in [-0.1, -0.05) is 18.2 Å². The highest BCUT2D eigenvalue weighted by Gasteiger charge is 2.14. The monoisotopic (exact) mass is 305 g/mol. The molecule has 0 radical (unpaired) electrons. The maximum atomic E-state index is 12.2. The van der Waals surface area contributed by atoms with Gasteiger partial charge in [-0.15, -0.1) is 0 Å². The fraction of sp³-hybridized carbons (Fsp3) is 0.105. The van der Waals surface area contributed by atoms with Gasteiger partial charge in [-0.25, -0.2) is 0 Å². The topological polar surface area (TPSA) is 40.5 Å². The van der Waals surface area contributed by atoms with E-state index in [1.165, 1.54) is 0 Å². The molecule has 23 heavy (non-hydrogen) atoms. The van der Waals surface area contributed by atoms with Crippen molar-refractivity contribution in [3.05, 3.63) is 76.7 Å². The molecule has 0 unspecified atom stereocenters. The highest BCUT2D eigenvalue weighted by atomic mass is 16.7. The Morgan fingerprint density at radius 3 is 2.61 bits per heavy atom. The highest BCUT2D eigenvalue weighted by Crippen LogP contribution is 2.35. The first-order chi connectivity index (χ1) is 11.2. The van der Waals surface area contributed by atoms with Crippen molar-refractivity contribution < 1.29 is 9.47 Å². The molecule has 4 nitrogen and oxygen atoms in total. The largest absolute Gasteiger partial charge is 0.454 e. The van der Waals surface area contributed by atoms with Gasteiger partial charge in [0, 0.05) is 18.0 Å². The molecule has 2 heterocycles. The maximum Gasteiger partial charge on any atom is 0.255 e. The third-order valence-corrected chi connectivity index (χ3v) is 3.90. The first-order valence-electron chi connectivity index (χ1n) is 7.40. The zero-order chi connectivity index (χ0) is 15.8. The van der Waals surface area contributed by atoms with E-state index in [1.807, 2.05) is 61.7 Å². The summed E-state index contributed by atoms with van der Waals surface area (Å²) in [6.45, 7) is 2.26. The van der Waals surface area contributed by atoms with E-state index in [-0.39, 0.29) is 12.4 Å². The minimum absolute atomic E-state index is 0.0555. The zero-order valence-corrected chi connectivity index (χ0v) is 12.7.